The molecular formula is C20H24FN3O2. The molecule has 0 spiro atoms. The maximum absolute atomic E-state index is 14.0. The molecule has 1 saturated heterocycles. The van der Waals surface area contributed by atoms with Crippen molar-refractivity contribution in [2.45, 2.75) is 25.4 Å². The Morgan fingerprint density at radius 1 is 1.35 bits per heavy atom. The third-order valence-corrected chi connectivity index (χ3v) is 4.56. The van der Waals surface area contributed by atoms with E-state index in [2.05, 4.69) is 4.90 Å². The number of ether oxygens (including phenoxy) is 1. The van der Waals surface area contributed by atoms with Crippen LogP contribution in [0.4, 0.5) is 4.39 Å². The number of likely N-dealkylation sites (tertiary alicyclic amines) is 1. The average Bonchev–Trinajstić information content (AvgIpc) is 3.10. The van der Waals surface area contributed by atoms with Gasteiger partial charge in [-0.3, -0.25) is 9.78 Å². The zero-order valence-corrected chi connectivity index (χ0v) is 15.4. The number of carbonyl (C=O) groups is 1. The molecule has 0 aliphatic carbocycles. The van der Waals surface area contributed by atoms with E-state index in [9.17, 15) is 9.18 Å². The number of hydrogen-bond donors (Lipinski definition) is 0. The van der Waals surface area contributed by atoms with Gasteiger partial charge in [-0.15, -0.1) is 0 Å². The van der Waals surface area contributed by atoms with Crippen LogP contribution in [0.25, 0.3) is 0 Å². The first-order valence-electron chi connectivity index (χ1n) is 8.74. The van der Waals surface area contributed by atoms with E-state index >= 15 is 0 Å². The standard InChI is InChI=1S/C20H24FN3O2/c1-23(2)13-15-6-4-7-17(22-15)18-8-5-11-24(18)20(25)14-9-10-19(26-3)16(21)12-14/h4,6-7,9-10,12,18H,5,8,11,13H2,1-3H3/t18-/m0/s1. The van der Waals surface area contributed by atoms with Crippen molar-refractivity contribution in [3.63, 3.8) is 0 Å². The molecule has 6 heteroatoms. The number of benzene rings is 1. The van der Waals surface area contributed by atoms with Crippen LogP contribution in [-0.4, -0.2) is 48.4 Å². The minimum Gasteiger partial charge on any atom is -0.494 e. The Morgan fingerprint density at radius 2 is 2.15 bits per heavy atom. The fourth-order valence-corrected chi connectivity index (χ4v) is 3.38. The Labute approximate surface area is 153 Å². The first kappa shape index (κ1) is 18.3. The molecule has 1 aromatic carbocycles. The highest BCUT2D eigenvalue weighted by Crippen LogP contribution is 2.32. The second-order valence-electron chi connectivity index (χ2n) is 6.80. The van der Waals surface area contributed by atoms with E-state index < -0.39 is 5.82 Å². The van der Waals surface area contributed by atoms with Gasteiger partial charge in [0.05, 0.1) is 24.5 Å². The fourth-order valence-electron chi connectivity index (χ4n) is 3.38. The second kappa shape index (κ2) is 7.83. The Kier molecular flexibility index (Phi) is 5.52. The van der Waals surface area contributed by atoms with Crippen molar-refractivity contribution >= 4 is 5.91 Å². The van der Waals surface area contributed by atoms with E-state index in [1.54, 1.807) is 11.0 Å². The third-order valence-electron chi connectivity index (χ3n) is 4.56. The molecule has 138 valence electrons. The van der Waals surface area contributed by atoms with Crippen LogP contribution < -0.4 is 4.74 Å². The molecule has 0 unspecified atom stereocenters. The zero-order valence-electron chi connectivity index (χ0n) is 15.4. The topological polar surface area (TPSA) is 45.7 Å². The number of rotatable bonds is 5. The van der Waals surface area contributed by atoms with Crippen LogP contribution in [0.2, 0.25) is 0 Å². The lowest BCUT2D eigenvalue weighted by Crippen LogP contribution is -2.31. The van der Waals surface area contributed by atoms with Crippen molar-refractivity contribution in [1.82, 2.24) is 14.8 Å². The zero-order chi connectivity index (χ0) is 18.7. The van der Waals surface area contributed by atoms with Gasteiger partial charge in [0.2, 0.25) is 0 Å². The summed E-state index contributed by atoms with van der Waals surface area (Å²) in [5.74, 6) is -0.563. The lowest BCUT2D eigenvalue weighted by atomic mass is 10.1. The van der Waals surface area contributed by atoms with E-state index in [-0.39, 0.29) is 17.7 Å². The number of carbonyl (C=O) groups excluding carboxylic acids is 1. The molecule has 0 radical (unpaired) electrons. The molecule has 2 heterocycles. The molecule has 1 aliphatic rings. The molecule has 1 fully saturated rings. The monoisotopic (exact) mass is 357 g/mol. The minimum atomic E-state index is -0.528. The van der Waals surface area contributed by atoms with E-state index in [0.29, 0.717) is 12.1 Å². The van der Waals surface area contributed by atoms with Gasteiger partial charge in [0.1, 0.15) is 0 Å². The van der Waals surface area contributed by atoms with E-state index in [4.69, 9.17) is 9.72 Å². The summed E-state index contributed by atoms with van der Waals surface area (Å²) in [6.07, 6.45) is 1.78. The summed E-state index contributed by atoms with van der Waals surface area (Å²) >= 11 is 0. The Bertz CT molecular complexity index is 794. The Balaban J connectivity index is 1.84. The molecule has 2 aromatic rings. The summed E-state index contributed by atoms with van der Waals surface area (Å²) in [7, 11) is 5.40. The van der Waals surface area contributed by atoms with Gasteiger partial charge in [-0.25, -0.2) is 4.39 Å². The summed E-state index contributed by atoms with van der Waals surface area (Å²) in [5, 5.41) is 0. The molecule has 1 amide bonds. The highest BCUT2D eigenvalue weighted by atomic mass is 19.1. The van der Waals surface area contributed by atoms with E-state index in [0.717, 1.165) is 30.8 Å². The maximum Gasteiger partial charge on any atom is 0.254 e. The summed E-state index contributed by atoms with van der Waals surface area (Å²) in [6, 6.07) is 10.2. The molecule has 5 nitrogen and oxygen atoms in total. The molecule has 0 saturated carbocycles. The van der Waals surface area contributed by atoms with Crippen molar-refractivity contribution < 1.29 is 13.9 Å². The van der Waals surface area contributed by atoms with Gasteiger partial charge in [-0.05, 0) is 57.3 Å². The van der Waals surface area contributed by atoms with Crippen molar-refractivity contribution in [2.24, 2.45) is 0 Å². The van der Waals surface area contributed by atoms with Crippen LogP contribution >= 0.6 is 0 Å². The van der Waals surface area contributed by atoms with Gasteiger partial charge < -0.3 is 14.5 Å². The summed E-state index contributed by atoms with van der Waals surface area (Å²) in [4.78, 5) is 21.5. The van der Waals surface area contributed by atoms with Crippen LogP contribution in [0.15, 0.2) is 36.4 Å². The number of hydrogen-bond acceptors (Lipinski definition) is 4. The number of methoxy groups -OCH3 is 1. The van der Waals surface area contributed by atoms with Crippen LogP contribution in [0.1, 0.15) is 40.6 Å². The van der Waals surface area contributed by atoms with Crippen molar-refractivity contribution in [1.29, 1.82) is 0 Å². The highest BCUT2D eigenvalue weighted by Gasteiger charge is 2.32. The van der Waals surface area contributed by atoms with Crippen molar-refractivity contribution in [3.8, 4) is 5.75 Å². The fraction of sp³-hybridized carbons (Fsp3) is 0.400. The smallest absolute Gasteiger partial charge is 0.254 e. The molecule has 3 rings (SSSR count). The van der Waals surface area contributed by atoms with Crippen LogP contribution in [-0.2, 0) is 6.54 Å². The Morgan fingerprint density at radius 3 is 2.85 bits per heavy atom. The number of halogens is 1. The first-order chi connectivity index (χ1) is 12.5. The van der Waals surface area contributed by atoms with Gasteiger partial charge in [-0.2, -0.15) is 0 Å². The van der Waals surface area contributed by atoms with Crippen LogP contribution in [0, 0.1) is 5.82 Å². The van der Waals surface area contributed by atoms with Crippen molar-refractivity contribution in [2.75, 3.05) is 27.7 Å². The van der Waals surface area contributed by atoms with Gasteiger partial charge in [-0.1, -0.05) is 6.07 Å². The minimum absolute atomic E-state index is 0.0743. The van der Waals surface area contributed by atoms with Gasteiger partial charge in [0.15, 0.2) is 11.6 Å². The van der Waals surface area contributed by atoms with Gasteiger partial charge in [0.25, 0.3) is 5.91 Å². The van der Waals surface area contributed by atoms with Gasteiger partial charge >= 0.3 is 0 Å². The lowest BCUT2D eigenvalue weighted by Gasteiger charge is -2.25. The molecule has 0 N–H and O–H groups in total. The largest absolute Gasteiger partial charge is 0.494 e. The molecule has 0 bridgehead atoms. The molecule has 1 atom stereocenters. The van der Waals surface area contributed by atoms with E-state index in [1.807, 2.05) is 32.3 Å². The summed E-state index contributed by atoms with van der Waals surface area (Å²) < 4.78 is 18.9. The van der Waals surface area contributed by atoms with Gasteiger partial charge in [0, 0.05) is 18.7 Å². The molecular weight excluding hydrogens is 333 g/mol. The van der Waals surface area contributed by atoms with Crippen LogP contribution in [0.5, 0.6) is 5.75 Å². The first-order valence-corrected chi connectivity index (χ1v) is 8.74. The molecule has 1 aromatic heterocycles. The predicted octanol–water partition coefficient (Wildman–Crippen LogP) is 3.27. The quantitative estimate of drug-likeness (QED) is 0.824. The van der Waals surface area contributed by atoms with Crippen LogP contribution in [0.3, 0.4) is 0 Å². The SMILES string of the molecule is COc1ccc(C(=O)N2CCC[C@H]2c2cccc(CN(C)C)n2)cc1F. The van der Waals surface area contributed by atoms with Crippen molar-refractivity contribution in [3.05, 3.63) is 59.2 Å². The molecule has 26 heavy (non-hydrogen) atoms. The summed E-state index contributed by atoms with van der Waals surface area (Å²) in [5.41, 5.74) is 2.20. The third kappa shape index (κ3) is 3.85. The number of aromatic nitrogens is 1. The Hall–Kier alpha value is -2.47. The highest BCUT2D eigenvalue weighted by molar-refractivity contribution is 5.94. The predicted molar refractivity (Wildman–Crippen MR) is 97.6 cm³/mol. The average molecular weight is 357 g/mol. The number of pyridine rings is 1. The maximum atomic E-state index is 14.0. The number of nitrogens with zero attached hydrogens (tertiary/aromatic N) is 3. The summed E-state index contributed by atoms with van der Waals surface area (Å²) in [6.45, 7) is 1.40. The second-order valence-corrected chi connectivity index (χ2v) is 6.80. The number of amides is 1. The lowest BCUT2D eigenvalue weighted by molar-refractivity contribution is 0.0732. The molecule has 1 aliphatic heterocycles. The van der Waals surface area contributed by atoms with E-state index in [1.165, 1.54) is 19.2 Å². The normalized spacial score (nSPS) is 17.0.